The van der Waals surface area contributed by atoms with E-state index in [-0.39, 0.29) is 18.6 Å². The maximum atomic E-state index is 11.8. The van der Waals surface area contributed by atoms with Crippen LogP contribution in [0.25, 0.3) is 0 Å². The van der Waals surface area contributed by atoms with Crippen LogP contribution in [-0.2, 0) is 0 Å². The molecule has 0 aromatic rings. The average molecular weight is 352 g/mol. The lowest BCUT2D eigenvalue weighted by molar-refractivity contribution is 0.407. The monoisotopic (exact) mass is 352 g/mol. The van der Waals surface area contributed by atoms with E-state index in [1.807, 2.05) is 27.7 Å². The molecular formula is C20H36F4. The van der Waals surface area contributed by atoms with Gasteiger partial charge in [0.15, 0.2) is 0 Å². The zero-order valence-corrected chi connectivity index (χ0v) is 15.5. The first-order chi connectivity index (χ1) is 10.6. The first-order valence-corrected chi connectivity index (χ1v) is 7.94. The molecule has 0 amide bonds. The largest absolute Gasteiger partial charge is 0.269 e. The number of halogens is 4. The SMILES string of the molecule is C.C=C(C)CCC(C)=C(F)F.C=C(CC)CCC(C)=C(F)F.CC. The second kappa shape index (κ2) is 19.7. The molecule has 0 nitrogen and oxygen atoms in total. The Hall–Kier alpha value is -1.32. The second-order valence-corrected chi connectivity index (χ2v) is 5.14. The number of hydrogen-bond donors (Lipinski definition) is 0. The molecule has 0 atom stereocenters. The van der Waals surface area contributed by atoms with Crippen molar-refractivity contribution < 1.29 is 17.6 Å². The molecule has 0 fully saturated rings. The molecule has 0 aromatic heterocycles. The van der Waals surface area contributed by atoms with E-state index in [4.69, 9.17) is 0 Å². The van der Waals surface area contributed by atoms with Gasteiger partial charge in [-0.25, -0.2) is 0 Å². The molecule has 0 aromatic carbocycles. The van der Waals surface area contributed by atoms with Crippen LogP contribution in [-0.4, -0.2) is 0 Å². The Morgan fingerprint density at radius 1 is 0.708 bits per heavy atom. The molecule has 0 radical (unpaired) electrons. The van der Waals surface area contributed by atoms with Gasteiger partial charge >= 0.3 is 0 Å². The van der Waals surface area contributed by atoms with E-state index in [9.17, 15) is 17.6 Å². The minimum absolute atomic E-state index is 0. The van der Waals surface area contributed by atoms with E-state index >= 15 is 0 Å². The van der Waals surface area contributed by atoms with Gasteiger partial charge in [0.1, 0.15) is 0 Å². The predicted octanol–water partition coefficient (Wildman–Crippen LogP) is 9.08. The first-order valence-electron chi connectivity index (χ1n) is 7.94. The third kappa shape index (κ3) is 23.0. The van der Waals surface area contributed by atoms with Crippen LogP contribution >= 0.6 is 0 Å². The van der Waals surface area contributed by atoms with Crippen LogP contribution in [0.4, 0.5) is 17.6 Å². The number of allylic oxidation sites excluding steroid dienone is 4. The maximum absolute atomic E-state index is 11.8. The lowest BCUT2D eigenvalue weighted by atomic mass is 10.1. The first kappa shape index (κ1) is 30.5. The summed E-state index contributed by atoms with van der Waals surface area (Å²) in [5.41, 5.74) is 2.33. The number of hydrogen-bond acceptors (Lipinski definition) is 0. The molecule has 0 saturated heterocycles. The Labute approximate surface area is 147 Å². The lowest BCUT2D eigenvalue weighted by Crippen LogP contribution is -1.83. The summed E-state index contributed by atoms with van der Waals surface area (Å²) < 4.78 is 47.1. The van der Waals surface area contributed by atoms with Crippen molar-refractivity contribution in [3.8, 4) is 0 Å². The van der Waals surface area contributed by atoms with Gasteiger partial charge in [-0.15, -0.1) is 6.58 Å². The van der Waals surface area contributed by atoms with Gasteiger partial charge in [0, 0.05) is 0 Å². The zero-order chi connectivity index (χ0) is 19.0. The smallest absolute Gasteiger partial charge is 0.173 e. The standard InChI is InChI=1S/C9H14F2.C8H12F2.C2H6.CH4/c1-4-7(2)5-6-8(3)9(10)11;1-6(2)4-5-7(3)8(9)10;1-2;/h2,4-6H2,1,3H3;1,4-5H2,2-3H3;1-2H3;1H4. The molecule has 144 valence electrons. The van der Waals surface area contributed by atoms with Crippen LogP contribution in [0.2, 0.25) is 0 Å². The van der Waals surface area contributed by atoms with Gasteiger partial charge in [0.2, 0.25) is 0 Å². The summed E-state index contributed by atoms with van der Waals surface area (Å²) in [6, 6.07) is 0. The van der Waals surface area contributed by atoms with E-state index in [2.05, 4.69) is 13.2 Å². The normalized spacial score (nSPS) is 8.42. The third-order valence-electron chi connectivity index (χ3n) is 2.93. The molecular weight excluding hydrogens is 316 g/mol. The van der Waals surface area contributed by atoms with E-state index in [0.717, 1.165) is 17.6 Å². The second-order valence-electron chi connectivity index (χ2n) is 5.14. The predicted molar refractivity (Wildman–Crippen MR) is 101 cm³/mol. The zero-order valence-electron chi connectivity index (χ0n) is 15.5. The van der Waals surface area contributed by atoms with E-state index in [0.29, 0.717) is 25.7 Å². The van der Waals surface area contributed by atoms with E-state index in [1.165, 1.54) is 13.8 Å². The van der Waals surface area contributed by atoms with E-state index < -0.39 is 12.2 Å². The molecule has 0 bridgehead atoms. The Morgan fingerprint density at radius 2 is 1.04 bits per heavy atom. The van der Waals surface area contributed by atoms with Crippen molar-refractivity contribution in [3.63, 3.8) is 0 Å². The minimum Gasteiger partial charge on any atom is -0.173 e. The molecule has 4 heteroatoms. The van der Waals surface area contributed by atoms with Gasteiger partial charge in [-0.2, -0.15) is 17.6 Å². The van der Waals surface area contributed by atoms with Crippen LogP contribution in [0.5, 0.6) is 0 Å². The topological polar surface area (TPSA) is 0 Å². The Balaban J connectivity index is -0.000000146. The van der Waals surface area contributed by atoms with Crippen LogP contribution in [0.1, 0.15) is 81.1 Å². The fraction of sp³-hybridized carbons (Fsp3) is 0.600. The summed E-state index contributed by atoms with van der Waals surface area (Å²) in [4.78, 5) is 0. The molecule has 0 rings (SSSR count). The summed E-state index contributed by atoms with van der Waals surface area (Å²) in [6.07, 6.45) is -0.0216. The molecule has 24 heavy (non-hydrogen) atoms. The van der Waals surface area contributed by atoms with Crippen molar-refractivity contribution in [2.75, 3.05) is 0 Å². The van der Waals surface area contributed by atoms with Crippen molar-refractivity contribution in [1.82, 2.24) is 0 Å². The quantitative estimate of drug-likeness (QED) is 0.316. The van der Waals surface area contributed by atoms with Crippen LogP contribution in [0.15, 0.2) is 47.6 Å². The summed E-state index contributed by atoms with van der Waals surface area (Å²) >= 11 is 0. The molecule has 0 aliphatic heterocycles. The molecule has 0 heterocycles. The van der Waals surface area contributed by atoms with Crippen molar-refractivity contribution in [1.29, 1.82) is 0 Å². The summed E-state index contributed by atoms with van der Waals surface area (Å²) in [6.45, 7) is 18.1. The van der Waals surface area contributed by atoms with Crippen molar-refractivity contribution in [2.45, 2.75) is 81.1 Å². The molecule has 0 aliphatic rings. The molecule has 0 spiro atoms. The van der Waals surface area contributed by atoms with Crippen molar-refractivity contribution in [2.24, 2.45) is 0 Å². The van der Waals surface area contributed by atoms with Gasteiger partial charge in [-0.3, -0.25) is 0 Å². The lowest BCUT2D eigenvalue weighted by Gasteiger charge is -2.00. The Morgan fingerprint density at radius 3 is 1.29 bits per heavy atom. The van der Waals surface area contributed by atoms with Crippen LogP contribution in [0, 0.1) is 0 Å². The van der Waals surface area contributed by atoms with E-state index in [1.54, 1.807) is 0 Å². The summed E-state index contributed by atoms with van der Waals surface area (Å²) in [5, 5.41) is 0. The summed E-state index contributed by atoms with van der Waals surface area (Å²) in [5.74, 6) is 0. The Kier molecular flexibility index (Phi) is 25.1. The highest BCUT2D eigenvalue weighted by Gasteiger charge is 2.00. The molecule has 0 saturated carbocycles. The van der Waals surface area contributed by atoms with Gasteiger partial charge in [0.05, 0.1) is 0 Å². The van der Waals surface area contributed by atoms with Crippen LogP contribution < -0.4 is 0 Å². The molecule has 0 unspecified atom stereocenters. The highest BCUT2D eigenvalue weighted by Crippen LogP contribution is 2.17. The third-order valence-corrected chi connectivity index (χ3v) is 2.93. The van der Waals surface area contributed by atoms with Gasteiger partial charge in [0.25, 0.3) is 12.2 Å². The highest BCUT2D eigenvalue weighted by molar-refractivity contribution is 5.03. The van der Waals surface area contributed by atoms with Gasteiger partial charge in [-0.05, 0) is 64.0 Å². The molecule has 0 N–H and O–H groups in total. The van der Waals surface area contributed by atoms with Gasteiger partial charge < -0.3 is 0 Å². The Bertz CT molecular complexity index is 396. The number of rotatable bonds is 7. The van der Waals surface area contributed by atoms with Gasteiger partial charge in [-0.1, -0.05) is 45.9 Å². The molecule has 0 aliphatic carbocycles. The van der Waals surface area contributed by atoms with Crippen molar-refractivity contribution in [3.05, 3.63) is 47.6 Å². The van der Waals surface area contributed by atoms with Crippen molar-refractivity contribution >= 4 is 0 Å². The fourth-order valence-corrected chi connectivity index (χ4v) is 1.13. The minimum atomic E-state index is -1.55. The van der Waals surface area contributed by atoms with Crippen LogP contribution in [0.3, 0.4) is 0 Å². The fourth-order valence-electron chi connectivity index (χ4n) is 1.13. The highest BCUT2D eigenvalue weighted by atomic mass is 19.3. The average Bonchev–Trinajstić information content (AvgIpc) is 2.51. The summed E-state index contributed by atoms with van der Waals surface area (Å²) in [7, 11) is 0. The maximum Gasteiger partial charge on any atom is 0.269 e.